The average Bonchev–Trinajstić information content (AvgIpc) is 3.02. The lowest BCUT2D eigenvalue weighted by molar-refractivity contribution is -0.115. The highest BCUT2D eigenvalue weighted by atomic mass is 35.5. The number of amides is 1. The summed E-state index contributed by atoms with van der Waals surface area (Å²) in [4.78, 5) is 11.9. The lowest BCUT2D eigenvalue weighted by Gasteiger charge is -2.11. The van der Waals surface area contributed by atoms with Crippen molar-refractivity contribution in [3.63, 3.8) is 0 Å². The zero-order valence-corrected chi connectivity index (χ0v) is 13.6. The first-order chi connectivity index (χ1) is 10.1. The van der Waals surface area contributed by atoms with E-state index in [1.54, 1.807) is 35.5 Å². The van der Waals surface area contributed by atoms with Crippen LogP contribution in [-0.2, 0) is 16.3 Å². The van der Waals surface area contributed by atoms with Crippen molar-refractivity contribution in [1.82, 2.24) is 9.78 Å². The molecule has 0 saturated carbocycles. The van der Waals surface area contributed by atoms with Crippen LogP contribution in [0.3, 0.4) is 0 Å². The maximum Gasteiger partial charge on any atom is 0.243 e. The second-order valence-corrected chi connectivity index (χ2v) is 6.84. The van der Waals surface area contributed by atoms with E-state index in [0.717, 1.165) is 28.5 Å². The third kappa shape index (κ3) is 2.91. The summed E-state index contributed by atoms with van der Waals surface area (Å²) in [5.74, 6) is 2.17. The molecule has 2 aromatic rings. The maximum absolute atomic E-state index is 11.9. The number of thioether (sulfide) groups is 1. The molecule has 0 unspecified atom stereocenters. The predicted octanol–water partition coefficient (Wildman–Crippen LogP) is 3.84. The number of aromatic nitrogens is 2. The molecule has 110 valence electrons. The van der Waals surface area contributed by atoms with Gasteiger partial charge >= 0.3 is 0 Å². The van der Waals surface area contributed by atoms with E-state index in [1.165, 1.54) is 0 Å². The number of halogens is 2. The molecule has 1 atom stereocenters. The van der Waals surface area contributed by atoms with Gasteiger partial charge in [0.1, 0.15) is 11.2 Å². The number of nitrogens with zero attached hydrogens (tertiary/aromatic N) is 2. The van der Waals surface area contributed by atoms with Gasteiger partial charge in [-0.25, -0.2) is 4.68 Å². The number of anilines is 1. The molecule has 1 aliphatic heterocycles. The van der Waals surface area contributed by atoms with Crippen LogP contribution in [0.1, 0.15) is 18.2 Å². The molecule has 4 nitrogen and oxygen atoms in total. The number of benzene rings is 1. The van der Waals surface area contributed by atoms with Crippen molar-refractivity contribution < 1.29 is 4.79 Å². The highest BCUT2D eigenvalue weighted by Gasteiger charge is 2.25. The van der Waals surface area contributed by atoms with E-state index in [2.05, 4.69) is 10.4 Å². The van der Waals surface area contributed by atoms with Crippen molar-refractivity contribution in [2.24, 2.45) is 0 Å². The number of nitrogens with one attached hydrogen (secondary N) is 1. The Kier molecular flexibility index (Phi) is 4.15. The van der Waals surface area contributed by atoms with E-state index in [4.69, 9.17) is 23.2 Å². The second kappa shape index (κ2) is 5.91. The summed E-state index contributed by atoms with van der Waals surface area (Å²) in [7, 11) is 0. The smallest absolute Gasteiger partial charge is 0.243 e. The van der Waals surface area contributed by atoms with Gasteiger partial charge in [-0.1, -0.05) is 11.6 Å². The Labute approximate surface area is 136 Å². The van der Waals surface area contributed by atoms with Crippen molar-refractivity contribution in [2.75, 3.05) is 5.32 Å². The maximum atomic E-state index is 11.9. The fourth-order valence-corrected chi connectivity index (χ4v) is 3.34. The zero-order chi connectivity index (χ0) is 15.0. The summed E-state index contributed by atoms with van der Waals surface area (Å²) in [6, 6.07) is 7.34. The van der Waals surface area contributed by atoms with Gasteiger partial charge < -0.3 is 5.32 Å². The molecule has 3 rings (SSSR count). The molecule has 2 heterocycles. The number of rotatable bonds is 3. The van der Waals surface area contributed by atoms with Crippen LogP contribution in [0.15, 0.2) is 24.3 Å². The van der Waals surface area contributed by atoms with E-state index in [1.807, 2.05) is 12.1 Å². The van der Waals surface area contributed by atoms with E-state index >= 15 is 0 Å². The summed E-state index contributed by atoms with van der Waals surface area (Å²) in [6.45, 7) is 1.65. The van der Waals surface area contributed by atoms with Crippen LogP contribution < -0.4 is 5.32 Å². The number of fused-ring (bicyclic) bond motifs is 1. The Hall–Kier alpha value is -1.17. The third-order valence-corrected chi connectivity index (χ3v) is 4.65. The molecule has 7 heteroatoms. The molecule has 1 aliphatic rings. The summed E-state index contributed by atoms with van der Waals surface area (Å²) < 4.78 is 1.75. The molecule has 1 aromatic carbocycles. The van der Waals surface area contributed by atoms with E-state index in [-0.39, 0.29) is 5.91 Å². The Morgan fingerprint density at radius 3 is 2.76 bits per heavy atom. The van der Waals surface area contributed by atoms with Crippen molar-refractivity contribution in [2.45, 2.75) is 23.8 Å². The van der Waals surface area contributed by atoms with Crippen LogP contribution in [0.25, 0.3) is 5.69 Å². The molecule has 0 aliphatic carbocycles. The zero-order valence-electron chi connectivity index (χ0n) is 11.3. The number of hydrogen-bond donors (Lipinski definition) is 1. The minimum atomic E-state index is -0.594. The average molecular weight is 342 g/mol. The molecule has 0 fully saturated rings. The van der Waals surface area contributed by atoms with Gasteiger partial charge in [-0.3, -0.25) is 4.79 Å². The van der Waals surface area contributed by atoms with Gasteiger partial charge in [-0.2, -0.15) is 16.9 Å². The van der Waals surface area contributed by atoms with Crippen LogP contribution in [0, 0.1) is 0 Å². The van der Waals surface area contributed by atoms with Crippen LogP contribution in [0.4, 0.5) is 5.82 Å². The molecule has 0 radical (unpaired) electrons. The van der Waals surface area contributed by atoms with E-state index in [9.17, 15) is 4.79 Å². The monoisotopic (exact) mass is 341 g/mol. The highest BCUT2D eigenvalue weighted by Crippen LogP contribution is 2.36. The SMILES string of the molecule is C[C@H](Cl)C(=O)Nc1c2c(nn1-c1ccc(Cl)cc1)CSC2. The quantitative estimate of drug-likeness (QED) is 0.862. The molecule has 21 heavy (non-hydrogen) atoms. The molecule has 1 N–H and O–H groups in total. The molecule has 0 spiro atoms. The fourth-order valence-electron chi connectivity index (χ4n) is 2.13. The minimum absolute atomic E-state index is 0.230. The van der Waals surface area contributed by atoms with Gasteiger partial charge in [0.15, 0.2) is 0 Å². The Balaban J connectivity index is 2.04. The lowest BCUT2D eigenvalue weighted by atomic mass is 10.2. The summed E-state index contributed by atoms with van der Waals surface area (Å²) in [6.07, 6.45) is 0. The van der Waals surface area contributed by atoms with Gasteiger partial charge in [0.05, 0.1) is 11.4 Å². The normalized spacial score (nSPS) is 14.8. The van der Waals surface area contributed by atoms with Crippen molar-refractivity contribution >= 4 is 46.7 Å². The summed E-state index contributed by atoms with van der Waals surface area (Å²) >= 11 is 13.6. The second-order valence-electron chi connectivity index (χ2n) is 4.76. The van der Waals surface area contributed by atoms with Gasteiger partial charge in [0.25, 0.3) is 0 Å². The summed E-state index contributed by atoms with van der Waals surface area (Å²) in [5.41, 5.74) is 2.93. The van der Waals surface area contributed by atoms with Gasteiger partial charge in [-0.05, 0) is 31.2 Å². The number of alkyl halides is 1. The third-order valence-electron chi connectivity index (χ3n) is 3.23. The van der Waals surface area contributed by atoms with Crippen LogP contribution in [-0.4, -0.2) is 21.1 Å². The van der Waals surface area contributed by atoms with E-state index in [0.29, 0.717) is 10.8 Å². The topological polar surface area (TPSA) is 46.9 Å². The first-order valence-electron chi connectivity index (χ1n) is 6.45. The van der Waals surface area contributed by atoms with Crippen molar-refractivity contribution in [3.05, 3.63) is 40.5 Å². The Morgan fingerprint density at radius 2 is 2.10 bits per heavy atom. The fraction of sp³-hybridized carbons (Fsp3) is 0.286. The molecular weight excluding hydrogens is 329 g/mol. The van der Waals surface area contributed by atoms with E-state index < -0.39 is 5.38 Å². The van der Waals surface area contributed by atoms with Crippen molar-refractivity contribution in [3.8, 4) is 5.69 Å². The first kappa shape index (κ1) is 14.8. The van der Waals surface area contributed by atoms with Crippen LogP contribution in [0.2, 0.25) is 5.02 Å². The minimum Gasteiger partial charge on any atom is -0.309 e. The van der Waals surface area contributed by atoms with Crippen LogP contribution in [0.5, 0.6) is 0 Å². The van der Waals surface area contributed by atoms with Crippen LogP contribution >= 0.6 is 35.0 Å². The van der Waals surface area contributed by atoms with Gasteiger partial charge in [-0.15, -0.1) is 11.6 Å². The van der Waals surface area contributed by atoms with Gasteiger partial charge in [0.2, 0.25) is 5.91 Å². The number of carbonyl (C=O) groups excluding carboxylic acids is 1. The largest absolute Gasteiger partial charge is 0.309 e. The number of carbonyl (C=O) groups is 1. The number of hydrogen-bond acceptors (Lipinski definition) is 3. The van der Waals surface area contributed by atoms with Crippen molar-refractivity contribution in [1.29, 1.82) is 0 Å². The first-order valence-corrected chi connectivity index (χ1v) is 8.42. The molecule has 0 bridgehead atoms. The lowest BCUT2D eigenvalue weighted by Crippen LogP contribution is -2.22. The Morgan fingerprint density at radius 1 is 1.38 bits per heavy atom. The van der Waals surface area contributed by atoms with Gasteiger partial charge in [0, 0.05) is 22.1 Å². The molecule has 1 aromatic heterocycles. The molecule has 1 amide bonds. The summed E-state index contributed by atoms with van der Waals surface area (Å²) in [5, 5.41) is 7.55. The Bertz CT molecular complexity index is 682. The highest BCUT2D eigenvalue weighted by molar-refractivity contribution is 7.98. The standard InChI is InChI=1S/C14H13Cl2N3OS/c1-8(15)14(20)17-13-11-6-21-7-12(11)18-19(13)10-4-2-9(16)3-5-10/h2-5,8H,6-7H2,1H3,(H,17,20)/t8-/m0/s1. The molecule has 0 saturated heterocycles. The predicted molar refractivity (Wildman–Crippen MR) is 87.5 cm³/mol. The molecular formula is C14H13Cl2N3OS.